The molecule has 3 N–H and O–H groups in total. The largest absolute Gasteiger partial charge is 0.271 e. The van der Waals surface area contributed by atoms with E-state index in [0.717, 1.165) is 26.8 Å². The van der Waals surface area contributed by atoms with Gasteiger partial charge in [-0.1, -0.05) is 12.1 Å². The van der Waals surface area contributed by atoms with Crippen LogP contribution in [0, 0.1) is 6.92 Å². The zero-order chi connectivity index (χ0) is 13.2. The quantitative estimate of drug-likeness (QED) is 0.573. The molecule has 0 aliphatic carbocycles. The van der Waals surface area contributed by atoms with Gasteiger partial charge in [-0.15, -0.1) is 22.7 Å². The topological polar surface area (TPSA) is 63.8 Å². The zero-order valence-corrected chi connectivity index (χ0v) is 12.1. The van der Waals surface area contributed by atoms with Crippen molar-refractivity contribution in [2.24, 2.45) is 5.84 Å². The third-order valence-corrected chi connectivity index (χ3v) is 4.99. The Morgan fingerprint density at radius 1 is 1.32 bits per heavy atom. The fourth-order valence-corrected chi connectivity index (χ4v) is 3.82. The summed E-state index contributed by atoms with van der Waals surface area (Å²) in [7, 11) is 0. The van der Waals surface area contributed by atoms with Crippen LogP contribution in [-0.2, 0) is 6.42 Å². The SMILES string of the molecule is Cc1ncc(C(Cc2nc3ccccc3s2)NN)s1. The Bertz CT molecular complexity index is 656. The molecule has 98 valence electrons. The summed E-state index contributed by atoms with van der Waals surface area (Å²) >= 11 is 3.39. The van der Waals surface area contributed by atoms with Crippen LogP contribution in [-0.4, -0.2) is 9.97 Å². The number of nitrogens with two attached hydrogens (primary N) is 1. The summed E-state index contributed by atoms with van der Waals surface area (Å²) in [5.41, 5.74) is 3.92. The van der Waals surface area contributed by atoms with Crippen LogP contribution in [0.15, 0.2) is 30.5 Å². The molecular formula is C13H14N4S2. The number of nitrogens with one attached hydrogen (secondary N) is 1. The van der Waals surface area contributed by atoms with E-state index in [-0.39, 0.29) is 6.04 Å². The van der Waals surface area contributed by atoms with Crippen LogP contribution < -0.4 is 11.3 Å². The monoisotopic (exact) mass is 290 g/mol. The normalized spacial score (nSPS) is 12.9. The molecular weight excluding hydrogens is 276 g/mol. The van der Waals surface area contributed by atoms with Gasteiger partial charge < -0.3 is 0 Å². The third kappa shape index (κ3) is 2.66. The van der Waals surface area contributed by atoms with Gasteiger partial charge in [-0.3, -0.25) is 11.3 Å². The molecule has 0 radical (unpaired) electrons. The van der Waals surface area contributed by atoms with E-state index in [9.17, 15) is 0 Å². The van der Waals surface area contributed by atoms with Gasteiger partial charge >= 0.3 is 0 Å². The third-order valence-electron chi connectivity index (χ3n) is 2.90. The molecule has 0 aliphatic heterocycles. The van der Waals surface area contributed by atoms with Gasteiger partial charge in [-0.05, 0) is 19.1 Å². The van der Waals surface area contributed by atoms with Crippen LogP contribution in [0.1, 0.15) is 20.9 Å². The summed E-state index contributed by atoms with van der Waals surface area (Å²) in [6.07, 6.45) is 2.68. The molecule has 2 heterocycles. The second-order valence-corrected chi connectivity index (χ2v) is 6.66. The van der Waals surface area contributed by atoms with Gasteiger partial charge in [0.2, 0.25) is 0 Å². The van der Waals surface area contributed by atoms with Gasteiger partial charge in [-0.2, -0.15) is 0 Å². The number of para-hydroxylation sites is 1. The molecule has 3 rings (SSSR count). The molecule has 6 heteroatoms. The first kappa shape index (κ1) is 12.7. The van der Waals surface area contributed by atoms with E-state index in [1.807, 2.05) is 31.3 Å². The first-order valence-corrected chi connectivity index (χ1v) is 7.62. The standard InChI is InChI=1S/C13H14N4S2/c1-8-15-7-12(18-8)10(17-14)6-13-16-9-4-2-3-5-11(9)19-13/h2-5,7,10,17H,6,14H2,1H3. The Balaban J connectivity index is 1.86. The summed E-state index contributed by atoms with van der Waals surface area (Å²) < 4.78 is 1.22. The predicted octanol–water partition coefficient (Wildman–Crippen LogP) is 2.81. The molecule has 1 atom stereocenters. The van der Waals surface area contributed by atoms with Gasteiger partial charge in [0, 0.05) is 17.5 Å². The Morgan fingerprint density at radius 3 is 2.84 bits per heavy atom. The average molecular weight is 290 g/mol. The molecule has 1 unspecified atom stereocenters. The highest BCUT2D eigenvalue weighted by Crippen LogP contribution is 2.27. The Kier molecular flexibility index (Phi) is 3.56. The van der Waals surface area contributed by atoms with Crippen LogP contribution in [0.25, 0.3) is 10.2 Å². The van der Waals surface area contributed by atoms with Crippen molar-refractivity contribution < 1.29 is 0 Å². The highest BCUT2D eigenvalue weighted by molar-refractivity contribution is 7.18. The molecule has 4 nitrogen and oxygen atoms in total. The maximum Gasteiger partial charge on any atom is 0.0958 e. The lowest BCUT2D eigenvalue weighted by molar-refractivity contribution is 0.559. The van der Waals surface area contributed by atoms with Crippen molar-refractivity contribution in [3.05, 3.63) is 45.4 Å². The van der Waals surface area contributed by atoms with Crippen LogP contribution in [0.2, 0.25) is 0 Å². The minimum absolute atomic E-state index is 0.0757. The maximum atomic E-state index is 5.66. The molecule has 19 heavy (non-hydrogen) atoms. The van der Waals surface area contributed by atoms with Gasteiger partial charge in [0.25, 0.3) is 0 Å². The minimum Gasteiger partial charge on any atom is -0.271 e. The van der Waals surface area contributed by atoms with E-state index in [1.165, 1.54) is 4.70 Å². The van der Waals surface area contributed by atoms with Gasteiger partial charge in [0.15, 0.2) is 0 Å². The summed E-state index contributed by atoms with van der Waals surface area (Å²) in [5, 5.41) is 2.15. The highest BCUT2D eigenvalue weighted by Gasteiger charge is 2.15. The number of rotatable bonds is 4. The Labute approximate surface area is 119 Å². The molecule has 3 aromatic rings. The van der Waals surface area contributed by atoms with E-state index < -0.39 is 0 Å². The van der Waals surface area contributed by atoms with Crippen LogP contribution in [0.3, 0.4) is 0 Å². The van der Waals surface area contributed by atoms with Gasteiger partial charge in [-0.25, -0.2) is 9.97 Å². The predicted molar refractivity (Wildman–Crippen MR) is 80.2 cm³/mol. The number of aromatic nitrogens is 2. The Hall–Kier alpha value is -1.34. The van der Waals surface area contributed by atoms with E-state index in [4.69, 9.17) is 5.84 Å². The number of hydrogen-bond acceptors (Lipinski definition) is 6. The smallest absolute Gasteiger partial charge is 0.0958 e. The van der Waals surface area contributed by atoms with E-state index in [0.29, 0.717) is 0 Å². The highest BCUT2D eigenvalue weighted by atomic mass is 32.1. The lowest BCUT2D eigenvalue weighted by atomic mass is 10.2. The van der Waals surface area contributed by atoms with Crippen LogP contribution >= 0.6 is 22.7 Å². The van der Waals surface area contributed by atoms with E-state index in [1.54, 1.807) is 22.7 Å². The Morgan fingerprint density at radius 2 is 2.16 bits per heavy atom. The second kappa shape index (κ2) is 5.34. The number of hydrazine groups is 1. The van der Waals surface area contributed by atoms with E-state index >= 15 is 0 Å². The number of aryl methyl sites for hydroxylation is 1. The molecule has 0 fully saturated rings. The molecule has 0 aliphatic rings. The number of fused-ring (bicyclic) bond motifs is 1. The van der Waals surface area contributed by atoms with Crippen molar-refractivity contribution in [2.45, 2.75) is 19.4 Å². The molecule has 1 aromatic carbocycles. The summed E-state index contributed by atoms with van der Waals surface area (Å²) in [6, 6.07) is 8.26. The molecule has 0 saturated carbocycles. The fraction of sp³-hybridized carbons (Fsp3) is 0.231. The van der Waals surface area contributed by atoms with Crippen molar-refractivity contribution in [3.8, 4) is 0 Å². The minimum atomic E-state index is 0.0757. The first-order chi connectivity index (χ1) is 9.26. The molecule has 0 amide bonds. The van der Waals surface area contributed by atoms with Crippen molar-refractivity contribution in [1.29, 1.82) is 0 Å². The van der Waals surface area contributed by atoms with Gasteiger partial charge in [0.1, 0.15) is 0 Å². The zero-order valence-electron chi connectivity index (χ0n) is 10.5. The second-order valence-electron chi connectivity index (χ2n) is 4.28. The van der Waals surface area contributed by atoms with Crippen molar-refractivity contribution in [1.82, 2.24) is 15.4 Å². The van der Waals surface area contributed by atoms with Crippen molar-refractivity contribution in [3.63, 3.8) is 0 Å². The lowest BCUT2D eigenvalue weighted by Crippen LogP contribution is -2.28. The maximum absolute atomic E-state index is 5.66. The van der Waals surface area contributed by atoms with Crippen LogP contribution in [0.5, 0.6) is 0 Å². The average Bonchev–Trinajstić information content (AvgIpc) is 3.01. The summed E-state index contributed by atoms with van der Waals surface area (Å²) in [6.45, 7) is 2.00. The summed E-state index contributed by atoms with van der Waals surface area (Å²) in [4.78, 5) is 10.1. The number of thiazole rings is 2. The number of hydrogen-bond donors (Lipinski definition) is 2. The molecule has 0 saturated heterocycles. The number of nitrogens with zero attached hydrogens (tertiary/aromatic N) is 2. The summed E-state index contributed by atoms with van der Waals surface area (Å²) in [5.74, 6) is 5.66. The first-order valence-electron chi connectivity index (χ1n) is 5.99. The number of benzene rings is 1. The van der Waals surface area contributed by atoms with Crippen molar-refractivity contribution >= 4 is 32.9 Å². The van der Waals surface area contributed by atoms with E-state index in [2.05, 4.69) is 21.5 Å². The van der Waals surface area contributed by atoms with Crippen molar-refractivity contribution in [2.75, 3.05) is 0 Å². The molecule has 0 spiro atoms. The molecule has 2 aromatic heterocycles. The lowest BCUT2D eigenvalue weighted by Gasteiger charge is -2.11. The molecule has 0 bridgehead atoms. The van der Waals surface area contributed by atoms with Gasteiger partial charge in [0.05, 0.1) is 26.3 Å². The van der Waals surface area contributed by atoms with Crippen LogP contribution in [0.4, 0.5) is 0 Å². The fourth-order valence-electron chi connectivity index (χ4n) is 1.96.